The highest BCUT2D eigenvalue weighted by Crippen LogP contribution is 2.26. The fourth-order valence-electron chi connectivity index (χ4n) is 1.32. The van der Waals surface area contributed by atoms with Crippen LogP contribution in [0.15, 0.2) is 24.3 Å². The van der Waals surface area contributed by atoms with E-state index in [-0.39, 0.29) is 17.7 Å². The fraction of sp³-hybridized carbons (Fsp3) is 0.308. The summed E-state index contributed by atoms with van der Waals surface area (Å²) in [7, 11) is 1.49. The maximum atomic E-state index is 11.3. The molecular formula is C13H17NO3. The van der Waals surface area contributed by atoms with Crippen LogP contribution in [0.3, 0.4) is 0 Å². The summed E-state index contributed by atoms with van der Waals surface area (Å²) >= 11 is 0. The molecule has 0 saturated heterocycles. The van der Waals surface area contributed by atoms with E-state index >= 15 is 0 Å². The number of hydrogen-bond donors (Lipinski definition) is 2. The second kappa shape index (κ2) is 5.94. The summed E-state index contributed by atoms with van der Waals surface area (Å²) in [4.78, 5) is 11.3. The number of carbonyl (C=O) groups is 1. The number of carbonyl (C=O) groups excluding carboxylic acids is 1. The molecule has 1 aromatic rings. The Morgan fingerprint density at radius 3 is 2.71 bits per heavy atom. The number of aromatic hydroxyl groups is 1. The minimum atomic E-state index is -0.157. The molecule has 0 aliphatic rings. The van der Waals surface area contributed by atoms with Gasteiger partial charge < -0.3 is 15.2 Å². The van der Waals surface area contributed by atoms with Crippen LogP contribution in [-0.4, -0.2) is 24.2 Å². The lowest BCUT2D eigenvalue weighted by Gasteiger charge is -2.05. The summed E-state index contributed by atoms with van der Waals surface area (Å²) in [5, 5.41) is 12.3. The Bertz CT molecular complexity index is 425. The third-order valence-corrected chi connectivity index (χ3v) is 2.06. The van der Waals surface area contributed by atoms with Gasteiger partial charge in [0.2, 0.25) is 5.91 Å². The number of hydrogen-bond acceptors (Lipinski definition) is 3. The smallest absolute Gasteiger partial charge is 0.244 e. The fourth-order valence-corrected chi connectivity index (χ4v) is 1.32. The van der Waals surface area contributed by atoms with Crippen molar-refractivity contribution in [2.45, 2.75) is 19.9 Å². The molecule has 2 N–H and O–H groups in total. The highest BCUT2D eigenvalue weighted by Gasteiger charge is 2.01. The van der Waals surface area contributed by atoms with Gasteiger partial charge in [-0.05, 0) is 37.6 Å². The number of methoxy groups -OCH3 is 1. The lowest BCUT2D eigenvalue weighted by Crippen LogP contribution is -2.28. The van der Waals surface area contributed by atoms with Gasteiger partial charge in [0, 0.05) is 12.1 Å². The van der Waals surface area contributed by atoms with Gasteiger partial charge in [0.25, 0.3) is 0 Å². The van der Waals surface area contributed by atoms with E-state index in [4.69, 9.17) is 4.74 Å². The first-order valence-corrected chi connectivity index (χ1v) is 5.38. The Balaban J connectivity index is 2.72. The van der Waals surface area contributed by atoms with Crippen molar-refractivity contribution in [1.29, 1.82) is 0 Å². The quantitative estimate of drug-likeness (QED) is 0.784. The number of benzene rings is 1. The van der Waals surface area contributed by atoms with Crippen LogP contribution in [-0.2, 0) is 4.79 Å². The average Bonchev–Trinajstić information content (AvgIpc) is 2.25. The van der Waals surface area contributed by atoms with Crippen molar-refractivity contribution in [3.05, 3.63) is 29.8 Å². The van der Waals surface area contributed by atoms with Gasteiger partial charge in [-0.3, -0.25) is 4.79 Å². The van der Waals surface area contributed by atoms with Crippen LogP contribution in [0.4, 0.5) is 0 Å². The molecule has 1 amide bonds. The summed E-state index contributed by atoms with van der Waals surface area (Å²) in [6.07, 6.45) is 3.07. The molecular weight excluding hydrogens is 218 g/mol. The van der Waals surface area contributed by atoms with E-state index in [0.717, 1.165) is 5.56 Å². The first-order chi connectivity index (χ1) is 8.02. The normalized spacial score (nSPS) is 10.8. The van der Waals surface area contributed by atoms with Crippen molar-refractivity contribution in [3.63, 3.8) is 0 Å². The maximum absolute atomic E-state index is 11.3. The molecule has 0 aliphatic heterocycles. The SMILES string of the molecule is COc1ccc(C=CC(=O)NC(C)C)cc1O. The molecule has 17 heavy (non-hydrogen) atoms. The molecule has 0 spiro atoms. The summed E-state index contributed by atoms with van der Waals surface area (Å²) in [5.74, 6) is 0.308. The molecule has 4 nitrogen and oxygen atoms in total. The van der Waals surface area contributed by atoms with Crippen LogP contribution < -0.4 is 10.1 Å². The van der Waals surface area contributed by atoms with E-state index in [0.29, 0.717) is 5.75 Å². The first kappa shape index (κ1) is 13.1. The second-order valence-electron chi connectivity index (χ2n) is 3.93. The molecule has 0 bridgehead atoms. The van der Waals surface area contributed by atoms with Crippen molar-refractivity contribution in [2.75, 3.05) is 7.11 Å². The molecule has 0 aliphatic carbocycles. The number of ether oxygens (including phenoxy) is 1. The molecule has 92 valence electrons. The number of phenolic OH excluding ortho intramolecular Hbond substituents is 1. The lowest BCUT2D eigenvalue weighted by molar-refractivity contribution is -0.116. The van der Waals surface area contributed by atoms with E-state index in [2.05, 4.69) is 5.32 Å². The number of rotatable bonds is 4. The summed E-state index contributed by atoms with van der Waals surface area (Å²) < 4.78 is 4.92. The predicted octanol–water partition coefficient (Wildman–Crippen LogP) is 1.94. The highest BCUT2D eigenvalue weighted by atomic mass is 16.5. The van der Waals surface area contributed by atoms with Crippen molar-refractivity contribution in [1.82, 2.24) is 5.32 Å². The van der Waals surface area contributed by atoms with Gasteiger partial charge in [0.15, 0.2) is 11.5 Å². The lowest BCUT2D eigenvalue weighted by atomic mass is 10.2. The zero-order valence-electron chi connectivity index (χ0n) is 10.2. The molecule has 0 saturated carbocycles. The second-order valence-corrected chi connectivity index (χ2v) is 3.93. The molecule has 0 atom stereocenters. The van der Waals surface area contributed by atoms with E-state index < -0.39 is 0 Å². The van der Waals surface area contributed by atoms with Gasteiger partial charge in [-0.2, -0.15) is 0 Å². The van der Waals surface area contributed by atoms with Gasteiger partial charge in [-0.1, -0.05) is 6.07 Å². The molecule has 0 radical (unpaired) electrons. The van der Waals surface area contributed by atoms with Crippen molar-refractivity contribution in [3.8, 4) is 11.5 Å². The monoisotopic (exact) mass is 235 g/mol. The van der Waals surface area contributed by atoms with Gasteiger partial charge >= 0.3 is 0 Å². The van der Waals surface area contributed by atoms with E-state index in [1.807, 2.05) is 13.8 Å². The largest absolute Gasteiger partial charge is 0.504 e. The van der Waals surface area contributed by atoms with Gasteiger partial charge in [-0.25, -0.2) is 0 Å². The molecule has 0 heterocycles. The van der Waals surface area contributed by atoms with Crippen LogP contribution >= 0.6 is 0 Å². The Labute approximate surface area is 101 Å². The van der Waals surface area contributed by atoms with E-state index in [9.17, 15) is 9.90 Å². The molecule has 0 aromatic heterocycles. The Hall–Kier alpha value is -1.97. The molecule has 0 fully saturated rings. The standard InChI is InChI=1S/C13H17NO3/c1-9(2)14-13(16)7-5-10-4-6-12(17-3)11(15)8-10/h4-9,15H,1-3H3,(H,14,16). The van der Waals surface area contributed by atoms with Crippen LogP contribution in [0, 0.1) is 0 Å². The first-order valence-electron chi connectivity index (χ1n) is 5.38. The van der Waals surface area contributed by atoms with Gasteiger partial charge in [-0.15, -0.1) is 0 Å². The Kier molecular flexibility index (Phi) is 4.57. The summed E-state index contributed by atoms with van der Waals surface area (Å²) in [5.41, 5.74) is 0.738. The van der Waals surface area contributed by atoms with E-state index in [1.54, 1.807) is 18.2 Å². The third kappa shape index (κ3) is 4.18. The number of nitrogens with one attached hydrogen (secondary N) is 1. The highest BCUT2D eigenvalue weighted by molar-refractivity contribution is 5.91. The van der Waals surface area contributed by atoms with Crippen molar-refractivity contribution < 1.29 is 14.6 Å². The molecule has 1 rings (SSSR count). The third-order valence-electron chi connectivity index (χ3n) is 2.06. The van der Waals surface area contributed by atoms with Crippen LogP contribution in [0.25, 0.3) is 6.08 Å². The van der Waals surface area contributed by atoms with Gasteiger partial charge in [0.1, 0.15) is 0 Å². The minimum Gasteiger partial charge on any atom is -0.504 e. The molecule has 4 heteroatoms. The molecule has 1 aromatic carbocycles. The summed E-state index contributed by atoms with van der Waals surface area (Å²) in [6.45, 7) is 3.79. The topological polar surface area (TPSA) is 58.6 Å². The van der Waals surface area contributed by atoms with Gasteiger partial charge in [0.05, 0.1) is 7.11 Å². The van der Waals surface area contributed by atoms with Crippen LogP contribution in [0.5, 0.6) is 11.5 Å². The number of phenols is 1. The zero-order chi connectivity index (χ0) is 12.8. The maximum Gasteiger partial charge on any atom is 0.244 e. The average molecular weight is 235 g/mol. The number of amides is 1. The minimum absolute atomic E-state index is 0.0546. The zero-order valence-corrected chi connectivity index (χ0v) is 10.2. The van der Waals surface area contributed by atoms with Crippen molar-refractivity contribution >= 4 is 12.0 Å². The Morgan fingerprint density at radius 1 is 1.47 bits per heavy atom. The van der Waals surface area contributed by atoms with E-state index in [1.165, 1.54) is 19.3 Å². The predicted molar refractivity (Wildman–Crippen MR) is 67.0 cm³/mol. The van der Waals surface area contributed by atoms with Crippen molar-refractivity contribution in [2.24, 2.45) is 0 Å². The Morgan fingerprint density at radius 2 is 2.18 bits per heavy atom. The van der Waals surface area contributed by atoms with Crippen LogP contribution in [0.2, 0.25) is 0 Å². The summed E-state index contributed by atoms with van der Waals surface area (Å²) in [6, 6.07) is 5.06. The molecule has 0 unspecified atom stereocenters. The van der Waals surface area contributed by atoms with Crippen LogP contribution in [0.1, 0.15) is 19.4 Å².